The van der Waals surface area contributed by atoms with Crippen LogP contribution in [0.3, 0.4) is 0 Å². The summed E-state index contributed by atoms with van der Waals surface area (Å²) in [5.74, 6) is -1.63. The van der Waals surface area contributed by atoms with Crippen LogP contribution >= 0.6 is 0 Å². The Bertz CT molecular complexity index is 1050. The average Bonchev–Trinajstić information content (AvgIpc) is 3.18. The van der Waals surface area contributed by atoms with Crippen molar-refractivity contribution in [2.24, 2.45) is 17.4 Å². The number of Topliss-reactive ketones (excluding diaryl/α,β-unsaturated/α-hetero) is 1. The second kappa shape index (κ2) is 11.8. The number of carbonyl (C=O) groups excluding carboxylic acids is 2. The highest BCUT2D eigenvalue weighted by Crippen LogP contribution is 2.33. The minimum Gasteiger partial charge on any atom is -0.481 e. The van der Waals surface area contributed by atoms with E-state index in [1.165, 1.54) is 11.1 Å². The molecule has 3 atom stereocenters. The van der Waals surface area contributed by atoms with E-state index in [9.17, 15) is 19.5 Å². The third-order valence-electron chi connectivity index (χ3n) is 7.84. The molecule has 36 heavy (non-hydrogen) atoms. The summed E-state index contributed by atoms with van der Waals surface area (Å²) in [7, 11) is 0. The summed E-state index contributed by atoms with van der Waals surface area (Å²) < 4.78 is 0. The Hall–Kier alpha value is -3.03. The first kappa shape index (κ1) is 26.0. The van der Waals surface area contributed by atoms with Gasteiger partial charge in [-0.25, -0.2) is 0 Å². The fourth-order valence-electron chi connectivity index (χ4n) is 5.75. The molecule has 2 aromatic rings. The molecular weight excluding hydrogens is 454 g/mol. The first-order chi connectivity index (χ1) is 17.3. The first-order valence-corrected chi connectivity index (χ1v) is 13.0. The summed E-state index contributed by atoms with van der Waals surface area (Å²) in [5, 5.41) is 9.29. The fourth-order valence-corrected chi connectivity index (χ4v) is 5.75. The summed E-state index contributed by atoms with van der Waals surface area (Å²) >= 11 is 0. The number of nitrogens with two attached hydrogens (primary N) is 2. The number of carbonyl (C=O) groups is 3. The van der Waals surface area contributed by atoms with Crippen molar-refractivity contribution in [3.63, 3.8) is 0 Å². The van der Waals surface area contributed by atoms with Gasteiger partial charge >= 0.3 is 5.97 Å². The van der Waals surface area contributed by atoms with E-state index in [0.717, 1.165) is 32.1 Å². The second-order valence-electron chi connectivity index (χ2n) is 10.3. The Labute approximate surface area is 212 Å². The lowest BCUT2D eigenvalue weighted by molar-refractivity contribution is -0.142. The van der Waals surface area contributed by atoms with Crippen LogP contribution in [0, 0.1) is 5.92 Å². The third-order valence-corrected chi connectivity index (χ3v) is 7.84. The van der Waals surface area contributed by atoms with Crippen molar-refractivity contribution in [2.75, 3.05) is 6.54 Å². The van der Waals surface area contributed by atoms with E-state index in [1.807, 2.05) is 54.6 Å². The summed E-state index contributed by atoms with van der Waals surface area (Å²) in [6.45, 7) is 0.443. The van der Waals surface area contributed by atoms with E-state index < -0.39 is 24.0 Å². The highest BCUT2D eigenvalue weighted by molar-refractivity contribution is 6.01. The zero-order valence-electron chi connectivity index (χ0n) is 20.7. The average molecular weight is 492 g/mol. The number of aliphatic carboxylic acids is 1. The molecule has 0 aromatic heterocycles. The number of amides is 1. The van der Waals surface area contributed by atoms with Crippen LogP contribution in [0.15, 0.2) is 54.6 Å². The van der Waals surface area contributed by atoms with Gasteiger partial charge in [0.1, 0.15) is 0 Å². The molecule has 1 saturated heterocycles. The third kappa shape index (κ3) is 6.20. The Morgan fingerprint density at radius 2 is 1.67 bits per heavy atom. The Morgan fingerprint density at radius 3 is 2.31 bits per heavy atom. The largest absolute Gasteiger partial charge is 0.481 e. The van der Waals surface area contributed by atoms with Gasteiger partial charge in [0.2, 0.25) is 5.91 Å². The zero-order chi connectivity index (χ0) is 25.7. The molecular formula is C29H37N3O4. The number of rotatable bonds is 10. The molecule has 7 nitrogen and oxygen atoms in total. The number of hydrogen-bond donors (Lipinski definition) is 3. The molecule has 1 aliphatic heterocycles. The van der Waals surface area contributed by atoms with Gasteiger partial charge < -0.3 is 21.5 Å². The Kier molecular flexibility index (Phi) is 8.54. The lowest BCUT2D eigenvalue weighted by atomic mass is 9.81. The molecule has 2 aliphatic rings. The van der Waals surface area contributed by atoms with Gasteiger partial charge in [0, 0.05) is 18.2 Å². The SMILES string of the molecule is NC(C(=O)c1ccc([C@H]2CC[C@H](N)CC2)cc1)[C@@H]1C[C@@H](CC(=O)O)C(=O)N1CCCc1ccccc1. The minimum absolute atomic E-state index is 0.214. The lowest BCUT2D eigenvalue weighted by Gasteiger charge is -2.29. The van der Waals surface area contributed by atoms with Crippen molar-refractivity contribution >= 4 is 17.7 Å². The maximum absolute atomic E-state index is 13.3. The van der Waals surface area contributed by atoms with Gasteiger partial charge in [0.15, 0.2) is 5.78 Å². The van der Waals surface area contributed by atoms with Crippen LogP contribution in [-0.4, -0.2) is 52.3 Å². The van der Waals surface area contributed by atoms with Crippen LogP contribution in [0.2, 0.25) is 0 Å². The van der Waals surface area contributed by atoms with E-state index >= 15 is 0 Å². The van der Waals surface area contributed by atoms with Crippen molar-refractivity contribution in [1.29, 1.82) is 0 Å². The van der Waals surface area contributed by atoms with Gasteiger partial charge in [-0.15, -0.1) is 0 Å². The van der Waals surface area contributed by atoms with Crippen molar-refractivity contribution in [3.8, 4) is 0 Å². The monoisotopic (exact) mass is 491 g/mol. The van der Waals surface area contributed by atoms with Gasteiger partial charge in [-0.1, -0.05) is 54.6 Å². The number of carboxylic acids is 1. The number of hydrogen-bond acceptors (Lipinski definition) is 5. The van der Waals surface area contributed by atoms with Crippen LogP contribution in [0.25, 0.3) is 0 Å². The molecule has 0 spiro atoms. The number of carboxylic acid groups (broad SMARTS) is 1. The van der Waals surface area contributed by atoms with Crippen LogP contribution in [-0.2, 0) is 16.0 Å². The smallest absolute Gasteiger partial charge is 0.304 e. The zero-order valence-corrected chi connectivity index (χ0v) is 20.7. The molecule has 2 fully saturated rings. The van der Waals surface area contributed by atoms with E-state index in [1.54, 1.807) is 4.90 Å². The molecule has 0 bridgehead atoms. The highest BCUT2D eigenvalue weighted by atomic mass is 16.4. The number of ketones is 1. The lowest BCUT2D eigenvalue weighted by Crippen LogP contribution is -2.50. The molecule has 1 saturated carbocycles. The standard InChI is InChI=1S/C29H37N3O4/c30-24-14-12-21(13-15-24)20-8-10-22(11-9-20)28(35)27(31)25-17-23(18-26(33)34)29(36)32(25)16-4-7-19-5-2-1-3-6-19/h1-3,5-6,8-11,21,23-25,27H,4,7,12-18,30-31H2,(H,33,34)/t21-,23-,24-,25-,27?/m0/s1. The molecule has 1 aliphatic carbocycles. The Morgan fingerprint density at radius 1 is 1.00 bits per heavy atom. The molecule has 4 rings (SSSR count). The molecule has 1 amide bonds. The summed E-state index contributed by atoms with van der Waals surface area (Å²) in [6, 6.07) is 16.5. The summed E-state index contributed by atoms with van der Waals surface area (Å²) in [5.41, 5.74) is 15.4. The van der Waals surface area contributed by atoms with Crippen LogP contribution in [0.1, 0.15) is 72.3 Å². The van der Waals surface area contributed by atoms with Crippen molar-refractivity contribution in [3.05, 3.63) is 71.3 Å². The topological polar surface area (TPSA) is 127 Å². The van der Waals surface area contributed by atoms with E-state index in [4.69, 9.17) is 11.5 Å². The maximum atomic E-state index is 13.3. The molecule has 1 heterocycles. The van der Waals surface area contributed by atoms with E-state index in [-0.39, 0.29) is 30.6 Å². The maximum Gasteiger partial charge on any atom is 0.304 e. The van der Waals surface area contributed by atoms with Crippen LogP contribution in [0.5, 0.6) is 0 Å². The van der Waals surface area contributed by atoms with Gasteiger partial charge in [0.05, 0.1) is 24.4 Å². The van der Waals surface area contributed by atoms with Gasteiger partial charge in [-0.3, -0.25) is 14.4 Å². The molecule has 1 unspecified atom stereocenters. The number of benzene rings is 2. The van der Waals surface area contributed by atoms with Crippen molar-refractivity contribution < 1.29 is 19.5 Å². The highest BCUT2D eigenvalue weighted by Gasteiger charge is 2.44. The normalized spacial score (nSPS) is 25.1. The predicted octanol–water partition coefficient (Wildman–Crippen LogP) is 3.51. The van der Waals surface area contributed by atoms with Gasteiger partial charge in [0.25, 0.3) is 0 Å². The Balaban J connectivity index is 1.44. The molecule has 5 N–H and O–H groups in total. The van der Waals surface area contributed by atoms with Crippen LogP contribution in [0.4, 0.5) is 0 Å². The molecule has 0 radical (unpaired) electrons. The molecule has 192 valence electrons. The summed E-state index contributed by atoms with van der Waals surface area (Å²) in [4.78, 5) is 39.4. The number of nitrogens with zero attached hydrogens (tertiary/aromatic N) is 1. The van der Waals surface area contributed by atoms with Gasteiger partial charge in [-0.05, 0) is 62.0 Å². The predicted molar refractivity (Wildman–Crippen MR) is 139 cm³/mol. The minimum atomic E-state index is -1.02. The van der Waals surface area contributed by atoms with Gasteiger partial charge in [-0.2, -0.15) is 0 Å². The summed E-state index contributed by atoms with van der Waals surface area (Å²) in [6.07, 6.45) is 5.69. The van der Waals surface area contributed by atoms with Crippen molar-refractivity contribution in [1.82, 2.24) is 4.90 Å². The number of aryl methyl sites for hydroxylation is 1. The van der Waals surface area contributed by atoms with E-state index in [2.05, 4.69) is 0 Å². The fraction of sp³-hybridized carbons (Fsp3) is 0.483. The van der Waals surface area contributed by atoms with Crippen LogP contribution < -0.4 is 11.5 Å². The molecule has 7 heteroatoms. The van der Waals surface area contributed by atoms with Crippen molar-refractivity contribution in [2.45, 2.75) is 75.4 Å². The van der Waals surface area contributed by atoms with E-state index in [0.29, 0.717) is 24.4 Å². The quantitative estimate of drug-likeness (QED) is 0.437. The molecule has 2 aromatic carbocycles. The number of likely N-dealkylation sites (tertiary alicyclic amines) is 1. The first-order valence-electron chi connectivity index (χ1n) is 13.0. The second-order valence-corrected chi connectivity index (χ2v) is 10.3.